The van der Waals surface area contributed by atoms with Crippen LogP contribution in [0.3, 0.4) is 0 Å². The Hall–Kier alpha value is -3.85. The number of nitrogens with one attached hydrogen (secondary N) is 2. The van der Waals surface area contributed by atoms with Crippen LogP contribution in [0.15, 0.2) is 36.8 Å². The molecule has 14 nitrogen and oxygen atoms in total. The Balaban J connectivity index is 1.64. The van der Waals surface area contributed by atoms with E-state index < -0.39 is 27.2 Å². The van der Waals surface area contributed by atoms with E-state index in [2.05, 4.69) is 30.4 Å². The van der Waals surface area contributed by atoms with Crippen LogP contribution in [0, 0.1) is 6.92 Å². The molecule has 15 heteroatoms. The van der Waals surface area contributed by atoms with E-state index in [-0.39, 0.29) is 40.6 Å². The van der Waals surface area contributed by atoms with Gasteiger partial charge in [-0.2, -0.15) is 4.98 Å². The molecule has 3 heterocycles. The number of fused-ring (bicyclic) bond motifs is 1. The van der Waals surface area contributed by atoms with Gasteiger partial charge in [0.1, 0.15) is 6.54 Å². The van der Waals surface area contributed by atoms with Crippen LogP contribution in [-0.4, -0.2) is 56.4 Å². The first-order chi connectivity index (χ1) is 16.1. The number of sulfonamides is 1. The fraction of sp³-hybridized carbons (Fsp3) is 0.368. The quantitative estimate of drug-likeness (QED) is 0.362. The first-order valence-corrected chi connectivity index (χ1v) is 11.7. The molecule has 34 heavy (non-hydrogen) atoms. The van der Waals surface area contributed by atoms with Crippen LogP contribution < -0.4 is 15.7 Å². The van der Waals surface area contributed by atoms with Crippen molar-refractivity contribution in [2.24, 2.45) is 0 Å². The van der Waals surface area contributed by atoms with Crippen molar-refractivity contribution in [1.29, 1.82) is 0 Å². The second-order valence-corrected chi connectivity index (χ2v) is 9.90. The summed E-state index contributed by atoms with van der Waals surface area (Å²) in [7, 11) is -2.42. The van der Waals surface area contributed by atoms with Crippen molar-refractivity contribution >= 4 is 27.0 Å². The molecule has 1 amide bonds. The number of hydrogen-bond acceptors (Lipinski definition) is 10. The molecule has 0 unspecified atom stereocenters. The average Bonchev–Trinajstić information content (AvgIpc) is 3.13. The van der Waals surface area contributed by atoms with E-state index in [1.54, 1.807) is 6.92 Å². The maximum atomic E-state index is 13.4. The Morgan fingerprint density at radius 3 is 2.65 bits per heavy atom. The molecule has 0 spiro atoms. The van der Waals surface area contributed by atoms with E-state index in [0.717, 1.165) is 17.4 Å². The summed E-state index contributed by atoms with van der Waals surface area (Å²) in [6, 6.07) is 4.14. The maximum Gasteiger partial charge on any atom is 0.337 e. The second-order valence-electron chi connectivity index (χ2n) is 8.22. The minimum Gasteiger partial charge on any atom is -0.408 e. The summed E-state index contributed by atoms with van der Waals surface area (Å²) in [5, 5.41) is 13.7. The number of aromatic nitrogens is 6. The lowest BCUT2D eigenvalue weighted by Crippen LogP contribution is -2.34. The SMILES string of the molecule is CNC(=O)c1noc(Cn2c(=O)n(-c3nnc(C)o3)c3cc(S(=O)(=O)NC4(C)CC4)ccc32)n1. The van der Waals surface area contributed by atoms with Gasteiger partial charge in [-0.1, -0.05) is 10.3 Å². The van der Waals surface area contributed by atoms with Crippen LogP contribution in [-0.2, 0) is 16.6 Å². The lowest BCUT2D eigenvalue weighted by molar-refractivity contribution is 0.0950. The number of imidazole rings is 1. The van der Waals surface area contributed by atoms with Gasteiger partial charge in [0.25, 0.3) is 11.7 Å². The molecule has 0 saturated heterocycles. The molecule has 1 aliphatic rings. The molecule has 4 aromatic rings. The second kappa shape index (κ2) is 7.59. The van der Waals surface area contributed by atoms with E-state index in [1.165, 1.54) is 29.8 Å². The third kappa shape index (κ3) is 3.77. The van der Waals surface area contributed by atoms with Gasteiger partial charge in [0.05, 0.1) is 15.9 Å². The fourth-order valence-electron chi connectivity index (χ4n) is 3.45. The number of rotatable bonds is 7. The summed E-state index contributed by atoms with van der Waals surface area (Å²) in [5.41, 5.74) is -0.487. The van der Waals surface area contributed by atoms with E-state index >= 15 is 0 Å². The number of aryl methyl sites for hydroxylation is 1. The van der Waals surface area contributed by atoms with Gasteiger partial charge in [-0.25, -0.2) is 22.5 Å². The summed E-state index contributed by atoms with van der Waals surface area (Å²) in [6.45, 7) is 3.21. The van der Waals surface area contributed by atoms with Gasteiger partial charge in [-0.3, -0.25) is 9.36 Å². The minimum atomic E-state index is -3.84. The van der Waals surface area contributed by atoms with Gasteiger partial charge in [0.15, 0.2) is 0 Å². The van der Waals surface area contributed by atoms with E-state index in [1.807, 2.05) is 6.92 Å². The van der Waals surface area contributed by atoms with Crippen LogP contribution in [0.2, 0.25) is 0 Å². The zero-order chi connectivity index (χ0) is 24.3. The van der Waals surface area contributed by atoms with Crippen LogP contribution >= 0.6 is 0 Å². The van der Waals surface area contributed by atoms with Crippen LogP contribution in [0.25, 0.3) is 17.0 Å². The summed E-state index contributed by atoms with van der Waals surface area (Å²) in [5.74, 6) is -0.504. The van der Waals surface area contributed by atoms with Crippen molar-refractivity contribution < 1.29 is 22.2 Å². The first kappa shape index (κ1) is 22.0. The summed E-state index contributed by atoms with van der Waals surface area (Å²) in [4.78, 5) is 29.1. The molecule has 1 aliphatic carbocycles. The molecule has 2 N–H and O–H groups in total. The van der Waals surface area contributed by atoms with Crippen molar-refractivity contribution in [3.8, 4) is 6.01 Å². The van der Waals surface area contributed by atoms with Crippen molar-refractivity contribution in [2.75, 3.05) is 7.05 Å². The van der Waals surface area contributed by atoms with E-state index in [9.17, 15) is 18.0 Å². The van der Waals surface area contributed by atoms with Crippen molar-refractivity contribution in [3.05, 3.63) is 46.3 Å². The lowest BCUT2D eigenvalue weighted by Gasteiger charge is -2.12. The largest absolute Gasteiger partial charge is 0.408 e. The topological polar surface area (TPSA) is 180 Å². The Morgan fingerprint density at radius 1 is 1.24 bits per heavy atom. The third-order valence-electron chi connectivity index (χ3n) is 5.49. The van der Waals surface area contributed by atoms with Gasteiger partial charge in [0.2, 0.25) is 21.8 Å². The molecular formula is C19H20N8O6S. The fourth-order valence-corrected chi connectivity index (χ4v) is 4.93. The predicted octanol–water partition coefficient (Wildman–Crippen LogP) is 0.105. The molecule has 1 saturated carbocycles. The minimum absolute atomic E-state index is 0.00137. The highest BCUT2D eigenvalue weighted by molar-refractivity contribution is 7.89. The first-order valence-electron chi connectivity index (χ1n) is 10.2. The van der Waals surface area contributed by atoms with Gasteiger partial charge >= 0.3 is 11.7 Å². The number of nitrogens with zero attached hydrogens (tertiary/aromatic N) is 6. The molecule has 0 radical (unpaired) electrons. The molecular weight excluding hydrogens is 468 g/mol. The average molecular weight is 488 g/mol. The van der Waals surface area contributed by atoms with Gasteiger partial charge < -0.3 is 14.3 Å². The summed E-state index contributed by atoms with van der Waals surface area (Å²) >= 11 is 0. The van der Waals surface area contributed by atoms with Gasteiger partial charge in [-0.15, -0.1) is 5.10 Å². The number of benzene rings is 1. The molecule has 0 bridgehead atoms. The van der Waals surface area contributed by atoms with E-state index in [0.29, 0.717) is 5.52 Å². The lowest BCUT2D eigenvalue weighted by atomic mass is 10.3. The molecule has 0 atom stereocenters. The Bertz CT molecular complexity index is 1590. The summed E-state index contributed by atoms with van der Waals surface area (Å²) in [6.07, 6.45) is 1.50. The molecule has 0 aliphatic heterocycles. The number of carbonyl (C=O) groups excluding carboxylic acids is 1. The predicted molar refractivity (Wildman–Crippen MR) is 115 cm³/mol. The Kier molecular flexibility index (Phi) is 4.91. The monoisotopic (exact) mass is 488 g/mol. The Morgan fingerprint density at radius 2 is 2.00 bits per heavy atom. The molecule has 1 fully saturated rings. The number of carbonyl (C=O) groups is 1. The maximum absolute atomic E-state index is 13.4. The van der Waals surface area contributed by atoms with Crippen LogP contribution in [0.1, 0.15) is 42.2 Å². The smallest absolute Gasteiger partial charge is 0.337 e. The van der Waals surface area contributed by atoms with Crippen molar-refractivity contribution in [3.63, 3.8) is 0 Å². The van der Waals surface area contributed by atoms with Crippen LogP contribution in [0.4, 0.5) is 0 Å². The molecule has 178 valence electrons. The molecule has 3 aromatic heterocycles. The van der Waals surface area contributed by atoms with Crippen molar-refractivity contribution in [2.45, 2.75) is 43.7 Å². The number of amides is 1. The zero-order valence-electron chi connectivity index (χ0n) is 18.4. The zero-order valence-corrected chi connectivity index (χ0v) is 19.2. The summed E-state index contributed by atoms with van der Waals surface area (Å²) < 4.78 is 41.5. The highest BCUT2D eigenvalue weighted by Crippen LogP contribution is 2.36. The highest BCUT2D eigenvalue weighted by Gasteiger charge is 2.41. The van der Waals surface area contributed by atoms with Crippen LogP contribution in [0.5, 0.6) is 0 Å². The molecule has 5 rings (SSSR count). The standard InChI is InChI=1S/C19H20N8O6S/c1-10-22-23-17(32-10)27-13-8-11(34(30,31)25-19(2)6-7-19)4-5-12(13)26(18(27)29)9-14-21-15(24-33-14)16(28)20-3/h4-5,8,25H,6-7,9H2,1-3H3,(H,20,28). The highest BCUT2D eigenvalue weighted by atomic mass is 32.2. The third-order valence-corrected chi connectivity index (χ3v) is 7.13. The number of hydrogen-bond donors (Lipinski definition) is 2. The Labute approximate surface area is 192 Å². The van der Waals surface area contributed by atoms with Crippen molar-refractivity contribution in [1.82, 2.24) is 39.5 Å². The van der Waals surface area contributed by atoms with E-state index in [4.69, 9.17) is 8.94 Å². The normalized spacial score (nSPS) is 15.0. The van der Waals surface area contributed by atoms with Gasteiger partial charge in [-0.05, 0) is 38.0 Å². The van der Waals surface area contributed by atoms with Gasteiger partial charge in [0, 0.05) is 19.5 Å². The molecule has 1 aromatic carbocycles.